The second-order valence-corrected chi connectivity index (χ2v) is 15.2. The van der Waals surface area contributed by atoms with Crippen LogP contribution in [0, 0.1) is 11.7 Å². The molecule has 1 saturated carbocycles. The maximum absolute atomic E-state index is 14.9. The Morgan fingerprint density at radius 1 is 1.02 bits per heavy atom. The summed E-state index contributed by atoms with van der Waals surface area (Å²) in [6.45, 7) is 2.06. The van der Waals surface area contributed by atoms with E-state index in [0.717, 1.165) is 43.4 Å². The van der Waals surface area contributed by atoms with Crippen LogP contribution < -0.4 is 26.2 Å². The lowest BCUT2D eigenvalue weighted by atomic mass is 9.95. The van der Waals surface area contributed by atoms with Gasteiger partial charge in [-0.15, -0.1) is 0 Å². The van der Waals surface area contributed by atoms with E-state index >= 15 is 0 Å². The Kier molecular flexibility index (Phi) is 11.1. The van der Waals surface area contributed by atoms with E-state index in [-0.39, 0.29) is 59.8 Å². The average molecular weight is 749 g/mol. The summed E-state index contributed by atoms with van der Waals surface area (Å²) in [5.74, 6) is -1.51. The van der Waals surface area contributed by atoms with E-state index in [1.807, 2.05) is 0 Å². The Bertz CT molecular complexity index is 1990. The first-order chi connectivity index (χ1) is 25.6. The number of aromatic amines is 1. The number of ether oxygens (including phenoxy) is 2. The van der Waals surface area contributed by atoms with Gasteiger partial charge >= 0.3 is 0 Å². The molecule has 2 aromatic carbocycles. The predicted molar refractivity (Wildman–Crippen MR) is 193 cm³/mol. The highest BCUT2D eigenvalue weighted by atomic mass is 32.2. The maximum Gasteiger partial charge on any atom is 0.264 e. The van der Waals surface area contributed by atoms with Crippen LogP contribution in [-0.2, 0) is 24.9 Å². The monoisotopic (exact) mass is 748 g/mol. The highest BCUT2D eigenvalue weighted by Crippen LogP contribution is 2.33. The third-order valence-electron chi connectivity index (χ3n) is 10.2. The van der Waals surface area contributed by atoms with Crippen molar-refractivity contribution in [3.8, 4) is 5.75 Å². The van der Waals surface area contributed by atoms with Gasteiger partial charge < -0.3 is 25.1 Å². The van der Waals surface area contributed by atoms with Crippen molar-refractivity contribution in [2.24, 2.45) is 5.92 Å². The number of thioether (sulfide) groups is 1. The smallest absolute Gasteiger partial charge is 0.264 e. The number of hydrogen-bond donors (Lipinski definition) is 4. The summed E-state index contributed by atoms with van der Waals surface area (Å²) in [6, 6.07) is 6.62. The van der Waals surface area contributed by atoms with E-state index in [9.17, 15) is 33.2 Å². The number of carbonyl (C=O) groups is 5. The number of rotatable bonds is 12. The molecule has 14 nitrogen and oxygen atoms in total. The fraction of sp³-hybridized carbons (Fsp3) is 0.486. The van der Waals surface area contributed by atoms with Gasteiger partial charge in [-0.2, -0.15) is 11.8 Å². The van der Waals surface area contributed by atoms with E-state index in [1.165, 1.54) is 12.1 Å². The predicted octanol–water partition coefficient (Wildman–Crippen LogP) is 3.43. The third-order valence-corrected chi connectivity index (χ3v) is 11.6. The number of halogens is 1. The van der Waals surface area contributed by atoms with Gasteiger partial charge in [-0.1, -0.05) is 6.07 Å². The van der Waals surface area contributed by atoms with Crippen molar-refractivity contribution in [1.29, 1.82) is 0 Å². The lowest BCUT2D eigenvalue weighted by Crippen LogP contribution is -2.54. The lowest BCUT2D eigenvalue weighted by Gasteiger charge is -2.28. The van der Waals surface area contributed by atoms with Gasteiger partial charge in [0.25, 0.3) is 17.4 Å². The molecule has 3 fully saturated rings. The van der Waals surface area contributed by atoms with Crippen LogP contribution in [0.5, 0.6) is 5.75 Å². The molecule has 16 heteroatoms. The minimum atomic E-state index is -1.06. The molecule has 4 N–H and O–H groups in total. The molecule has 2 saturated heterocycles. The number of carbonyl (C=O) groups excluding carboxylic acids is 5. The summed E-state index contributed by atoms with van der Waals surface area (Å²) in [7, 11) is 0. The van der Waals surface area contributed by atoms with Crippen molar-refractivity contribution in [3.63, 3.8) is 0 Å². The number of fused-ring (bicyclic) bond motifs is 2. The topological polar surface area (TPSA) is 189 Å². The first-order valence-electron chi connectivity index (χ1n) is 18.1. The molecule has 7 rings (SSSR count). The van der Waals surface area contributed by atoms with Gasteiger partial charge in [-0.25, -0.2) is 9.37 Å². The summed E-state index contributed by atoms with van der Waals surface area (Å²) >= 11 is 1.67. The highest BCUT2D eigenvalue weighted by Gasteiger charge is 2.45. The van der Waals surface area contributed by atoms with Crippen LogP contribution in [0.15, 0.2) is 35.1 Å². The summed E-state index contributed by atoms with van der Waals surface area (Å²) < 4.78 is 26.1. The van der Waals surface area contributed by atoms with E-state index in [2.05, 4.69) is 25.9 Å². The molecule has 0 spiro atoms. The molecule has 53 heavy (non-hydrogen) atoms. The summed E-state index contributed by atoms with van der Waals surface area (Å²) in [5.41, 5.74) is 0.450. The standard InChI is InChI=1S/C37H41FN6O8S/c38-25-16-22(52-18-20-11-14-51-15-12-20)17-27-33(25)35(48)42-29(41-27)19-53-23-6-4-21(5-7-23)40-31(46)10-13-39-26-3-1-2-24-32(26)37(50)44(36(24)49)28-8-9-30(45)43-34(28)47/h1-3,16-17,20-21,23,28,39H,4-15,18-19H2,(H,40,46)(H,41,42,48)(H,43,45,47)/t21-,23-,28?. The minimum Gasteiger partial charge on any atom is -0.493 e. The average Bonchev–Trinajstić information content (AvgIpc) is 3.40. The van der Waals surface area contributed by atoms with Crippen molar-refractivity contribution < 1.29 is 37.8 Å². The second-order valence-electron chi connectivity index (χ2n) is 13.9. The van der Waals surface area contributed by atoms with Crippen molar-refractivity contribution in [2.75, 3.05) is 31.7 Å². The van der Waals surface area contributed by atoms with Crippen molar-refractivity contribution >= 4 is 57.9 Å². The Morgan fingerprint density at radius 3 is 2.58 bits per heavy atom. The lowest BCUT2D eigenvalue weighted by molar-refractivity contribution is -0.136. The number of imide groups is 2. The second kappa shape index (κ2) is 16.0. The number of amides is 5. The minimum absolute atomic E-state index is 0.0164. The molecule has 0 bridgehead atoms. The quantitative estimate of drug-likeness (QED) is 0.199. The molecule has 1 aliphatic carbocycles. The Hall–Kier alpha value is -4.83. The first-order valence-corrected chi connectivity index (χ1v) is 19.1. The van der Waals surface area contributed by atoms with Gasteiger partial charge in [0.1, 0.15) is 28.8 Å². The van der Waals surface area contributed by atoms with E-state index < -0.39 is 41.0 Å². The highest BCUT2D eigenvalue weighted by molar-refractivity contribution is 7.99. The van der Waals surface area contributed by atoms with Crippen LogP contribution in [0.4, 0.5) is 10.1 Å². The fourth-order valence-corrected chi connectivity index (χ4v) is 8.51. The van der Waals surface area contributed by atoms with Crippen molar-refractivity contribution in [2.45, 2.75) is 80.9 Å². The van der Waals surface area contributed by atoms with Crippen LogP contribution >= 0.6 is 11.8 Å². The van der Waals surface area contributed by atoms with Gasteiger partial charge in [0.15, 0.2) is 0 Å². The van der Waals surface area contributed by atoms with E-state index in [0.29, 0.717) is 54.0 Å². The molecule has 3 aromatic rings. The summed E-state index contributed by atoms with van der Waals surface area (Å²) in [4.78, 5) is 84.1. The third kappa shape index (κ3) is 8.23. The van der Waals surface area contributed by atoms with Gasteiger partial charge in [-0.05, 0) is 63.0 Å². The number of H-pyrrole nitrogens is 1. The Morgan fingerprint density at radius 2 is 1.81 bits per heavy atom. The molecular weight excluding hydrogens is 708 g/mol. The summed E-state index contributed by atoms with van der Waals surface area (Å²) in [6.07, 6.45) is 5.33. The number of benzene rings is 2. The molecule has 1 aromatic heterocycles. The van der Waals surface area contributed by atoms with Crippen LogP contribution in [0.2, 0.25) is 0 Å². The summed E-state index contributed by atoms with van der Waals surface area (Å²) in [5, 5.41) is 8.60. The number of aromatic nitrogens is 2. The number of nitrogens with one attached hydrogen (secondary N) is 4. The Balaban J connectivity index is 0.859. The fourth-order valence-electron chi connectivity index (χ4n) is 7.37. The van der Waals surface area contributed by atoms with E-state index in [1.54, 1.807) is 30.0 Å². The molecule has 1 unspecified atom stereocenters. The zero-order valence-corrected chi connectivity index (χ0v) is 29.9. The number of hydrogen-bond acceptors (Lipinski definition) is 11. The van der Waals surface area contributed by atoms with E-state index in [4.69, 9.17) is 9.47 Å². The number of piperidine rings is 1. The van der Waals surface area contributed by atoms with Crippen molar-refractivity contribution in [1.82, 2.24) is 25.5 Å². The zero-order valence-electron chi connectivity index (χ0n) is 29.0. The molecule has 5 amide bonds. The van der Waals surface area contributed by atoms with Crippen LogP contribution in [0.3, 0.4) is 0 Å². The molecule has 280 valence electrons. The number of anilines is 1. The largest absolute Gasteiger partial charge is 0.493 e. The SMILES string of the molecule is O=C1CCC(N2C(=O)c3cccc(NCCC(=O)N[C@H]4CC[C@H](SCc5nc6cc(OCC7CCOCC7)cc(F)c6c(=O)[nH]5)CC4)c3C2=O)C(=O)N1. The zero-order chi connectivity index (χ0) is 37.1. The first kappa shape index (κ1) is 36.5. The van der Waals surface area contributed by atoms with Crippen LogP contribution in [-0.4, -0.2) is 88.1 Å². The Labute approximate surface area is 308 Å². The number of nitrogens with zero attached hydrogens (tertiary/aromatic N) is 2. The molecule has 3 aliphatic heterocycles. The molecule has 0 radical (unpaired) electrons. The van der Waals surface area contributed by atoms with Crippen LogP contribution in [0.1, 0.15) is 84.3 Å². The van der Waals surface area contributed by atoms with Gasteiger partial charge in [0.05, 0.1) is 29.0 Å². The molecule has 1 atom stereocenters. The van der Waals surface area contributed by atoms with Gasteiger partial charge in [0, 0.05) is 61.7 Å². The molecular formula is C37H41FN6O8S. The normalized spacial score (nSPS) is 22.1. The van der Waals surface area contributed by atoms with Crippen molar-refractivity contribution in [3.05, 3.63) is 63.5 Å². The maximum atomic E-state index is 14.9. The van der Waals surface area contributed by atoms with Gasteiger partial charge in [0.2, 0.25) is 17.7 Å². The van der Waals surface area contributed by atoms with Gasteiger partial charge in [-0.3, -0.25) is 39.0 Å². The van der Waals surface area contributed by atoms with Crippen LogP contribution in [0.25, 0.3) is 10.9 Å². The molecule has 4 heterocycles. The molecule has 4 aliphatic rings.